The molecule has 1 N–H and O–H groups in total. The molecule has 1 atom stereocenters. The maximum absolute atomic E-state index is 11.3. The molecule has 1 saturated heterocycles. The number of nitro groups is 1. The van der Waals surface area contributed by atoms with Crippen LogP contribution >= 0.6 is 0 Å². The molecule has 20 heavy (non-hydrogen) atoms. The van der Waals surface area contributed by atoms with E-state index < -0.39 is 10.9 Å². The number of rotatable bonds is 4. The van der Waals surface area contributed by atoms with Gasteiger partial charge in [0.2, 0.25) is 0 Å². The van der Waals surface area contributed by atoms with E-state index in [0.717, 1.165) is 6.42 Å². The van der Waals surface area contributed by atoms with E-state index >= 15 is 0 Å². The predicted octanol–water partition coefficient (Wildman–Crippen LogP) is 2.78. The third-order valence-electron chi connectivity index (χ3n) is 3.93. The average Bonchev–Trinajstić information content (AvgIpc) is 2.87. The lowest BCUT2D eigenvalue weighted by molar-refractivity contribution is -0.384. The van der Waals surface area contributed by atoms with Crippen molar-refractivity contribution in [1.82, 2.24) is 0 Å². The molecule has 1 heterocycles. The zero-order valence-corrected chi connectivity index (χ0v) is 11.6. The molecule has 0 bridgehead atoms. The van der Waals surface area contributed by atoms with Crippen molar-refractivity contribution in [2.24, 2.45) is 11.8 Å². The fraction of sp³-hybridized carbons (Fsp3) is 0.500. The molecule has 1 aromatic carbocycles. The van der Waals surface area contributed by atoms with Crippen molar-refractivity contribution in [2.75, 3.05) is 18.0 Å². The van der Waals surface area contributed by atoms with Gasteiger partial charge in [-0.15, -0.1) is 0 Å². The Kier molecular flexibility index (Phi) is 3.92. The zero-order valence-electron chi connectivity index (χ0n) is 11.6. The summed E-state index contributed by atoms with van der Waals surface area (Å²) in [6.07, 6.45) is 0.933. The monoisotopic (exact) mass is 278 g/mol. The topological polar surface area (TPSA) is 83.7 Å². The fourth-order valence-electron chi connectivity index (χ4n) is 2.72. The summed E-state index contributed by atoms with van der Waals surface area (Å²) in [6.45, 7) is 5.56. The van der Waals surface area contributed by atoms with Crippen LogP contribution in [0.25, 0.3) is 0 Å². The van der Waals surface area contributed by atoms with Crippen molar-refractivity contribution in [3.05, 3.63) is 33.9 Å². The number of para-hydroxylation sites is 1. The van der Waals surface area contributed by atoms with Crippen molar-refractivity contribution >= 4 is 17.3 Å². The number of nitrogens with zero attached hydrogens (tertiary/aromatic N) is 2. The number of hydrogen-bond donors (Lipinski definition) is 1. The third-order valence-corrected chi connectivity index (χ3v) is 3.93. The van der Waals surface area contributed by atoms with Gasteiger partial charge < -0.3 is 10.0 Å². The fourth-order valence-corrected chi connectivity index (χ4v) is 2.72. The normalized spacial score (nSPS) is 18.6. The van der Waals surface area contributed by atoms with Gasteiger partial charge in [-0.1, -0.05) is 19.9 Å². The molecule has 0 aliphatic carbocycles. The van der Waals surface area contributed by atoms with E-state index in [1.807, 2.05) is 4.90 Å². The van der Waals surface area contributed by atoms with Crippen molar-refractivity contribution in [3.63, 3.8) is 0 Å². The molecule has 1 unspecified atom stereocenters. The van der Waals surface area contributed by atoms with Crippen LogP contribution in [0.3, 0.4) is 0 Å². The summed E-state index contributed by atoms with van der Waals surface area (Å²) >= 11 is 0. The summed E-state index contributed by atoms with van der Waals surface area (Å²) in [5.41, 5.74) is 0.117. The molecule has 1 fully saturated rings. The van der Waals surface area contributed by atoms with E-state index in [9.17, 15) is 20.0 Å². The van der Waals surface area contributed by atoms with E-state index in [1.165, 1.54) is 18.2 Å². The predicted molar refractivity (Wildman–Crippen MR) is 75.2 cm³/mol. The second kappa shape index (κ2) is 5.48. The Labute approximate surface area is 117 Å². The summed E-state index contributed by atoms with van der Waals surface area (Å²) < 4.78 is 0. The first-order valence-corrected chi connectivity index (χ1v) is 6.67. The Balaban J connectivity index is 2.44. The summed E-state index contributed by atoms with van der Waals surface area (Å²) in [5.74, 6) is -0.204. The third kappa shape index (κ3) is 2.59. The summed E-state index contributed by atoms with van der Waals surface area (Å²) in [6, 6.07) is 4.21. The van der Waals surface area contributed by atoms with Gasteiger partial charge in [-0.2, -0.15) is 0 Å². The lowest BCUT2D eigenvalue weighted by atomic mass is 9.95. The van der Waals surface area contributed by atoms with Crippen LogP contribution in [0.1, 0.15) is 30.6 Å². The van der Waals surface area contributed by atoms with E-state index in [0.29, 0.717) is 24.9 Å². The van der Waals surface area contributed by atoms with Gasteiger partial charge in [0.25, 0.3) is 5.69 Å². The Bertz CT molecular complexity index is 510. The van der Waals surface area contributed by atoms with E-state index in [4.69, 9.17) is 0 Å². The van der Waals surface area contributed by atoms with Crippen LogP contribution in [0.15, 0.2) is 18.2 Å². The van der Waals surface area contributed by atoms with Crippen molar-refractivity contribution < 1.29 is 14.8 Å². The number of benzene rings is 1. The number of carboxylic acids is 1. The summed E-state index contributed by atoms with van der Waals surface area (Å²) in [7, 11) is 0. The minimum atomic E-state index is -1.13. The molecule has 1 aliphatic rings. The van der Waals surface area contributed by atoms with Gasteiger partial charge in [0.15, 0.2) is 0 Å². The quantitative estimate of drug-likeness (QED) is 0.676. The molecule has 2 rings (SSSR count). The molecular weight excluding hydrogens is 260 g/mol. The average molecular weight is 278 g/mol. The molecule has 108 valence electrons. The van der Waals surface area contributed by atoms with Crippen molar-refractivity contribution in [3.8, 4) is 0 Å². The molecule has 1 aliphatic heterocycles. The highest BCUT2D eigenvalue weighted by Gasteiger charge is 2.32. The van der Waals surface area contributed by atoms with Crippen molar-refractivity contribution in [2.45, 2.75) is 20.3 Å². The number of nitro benzene ring substituents is 1. The number of aromatic carboxylic acids is 1. The van der Waals surface area contributed by atoms with Gasteiger partial charge in [-0.3, -0.25) is 10.1 Å². The van der Waals surface area contributed by atoms with E-state index in [1.54, 1.807) is 0 Å². The molecule has 1 aromatic rings. The largest absolute Gasteiger partial charge is 0.478 e. The second-order valence-electron chi connectivity index (χ2n) is 5.47. The maximum atomic E-state index is 11.3. The van der Waals surface area contributed by atoms with Crippen LogP contribution in [0.4, 0.5) is 11.4 Å². The first-order valence-electron chi connectivity index (χ1n) is 6.67. The van der Waals surface area contributed by atoms with Gasteiger partial charge in [0.1, 0.15) is 5.69 Å². The zero-order chi connectivity index (χ0) is 14.9. The summed E-state index contributed by atoms with van der Waals surface area (Å²) in [4.78, 5) is 23.8. The van der Waals surface area contributed by atoms with Crippen LogP contribution in [-0.2, 0) is 0 Å². The molecule has 0 saturated carbocycles. The molecule has 0 spiro atoms. The smallest absolute Gasteiger partial charge is 0.338 e. The highest BCUT2D eigenvalue weighted by Crippen LogP contribution is 2.36. The van der Waals surface area contributed by atoms with Gasteiger partial charge in [0, 0.05) is 19.2 Å². The van der Waals surface area contributed by atoms with Gasteiger partial charge >= 0.3 is 5.97 Å². The highest BCUT2D eigenvalue weighted by molar-refractivity contribution is 5.97. The van der Waals surface area contributed by atoms with Crippen molar-refractivity contribution in [1.29, 1.82) is 0 Å². The Morgan fingerprint density at radius 1 is 1.50 bits per heavy atom. The van der Waals surface area contributed by atoms with Crippen LogP contribution in [0, 0.1) is 22.0 Å². The van der Waals surface area contributed by atoms with Crippen LogP contribution in [-0.4, -0.2) is 29.1 Å². The molecule has 0 amide bonds. The second-order valence-corrected chi connectivity index (χ2v) is 5.47. The first-order chi connectivity index (χ1) is 9.41. The lowest BCUT2D eigenvalue weighted by Crippen LogP contribution is -2.24. The standard InChI is InChI=1S/C14H18N2O4/c1-9(2)10-6-7-15(8-10)13-11(14(17)18)4-3-5-12(13)16(19)20/h3-5,9-10H,6-8H2,1-2H3,(H,17,18). The Morgan fingerprint density at radius 3 is 2.70 bits per heavy atom. The lowest BCUT2D eigenvalue weighted by Gasteiger charge is -2.21. The highest BCUT2D eigenvalue weighted by atomic mass is 16.6. The molecule has 6 heteroatoms. The first kappa shape index (κ1) is 14.3. The number of anilines is 1. The molecule has 0 radical (unpaired) electrons. The number of carboxylic acid groups (broad SMARTS) is 1. The van der Waals surface area contributed by atoms with Crippen LogP contribution in [0.2, 0.25) is 0 Å². The minimum Gasteiger partial charge on any atom is -0.478 e. The SMILES string of the molecule is CC(C)C1CCN(c2c(C(=O)O)cccc2[N+](=O)[O-])C1. The maximum Gasteiger partial charge on any atom is 0.338 e. The van der Waals surface area contributed by atoms with Gasteiger partial charge in [-0.25, -0.2) is 4.79 Å². The molecular formula is C14H18N2O4. The number of carbonyl (C=O) groups is 1. The molecule has 0 aromatic heterocycles. The van der Waals surface area contributed by atoms with Crippen LogP contribution in [0.5, 0.6) is 0 Å². The van der Waals surface area contributed by atoms with Gasteiger partial charge in [0.05, 0.1) is 10.5 Å². The summed E-state index contributed by atoms with van der Waals surface area (Å²) in [5, 5.41) is 20.4. The van der Waals surface area contributed by atoms with Crippen LogP contribution < -0.4 is 4.90 Å². The van der Waals surface area contributed by atoms with E-state index in [-0.39, 0.29) is 16.9 Å². The van der Waals surface area contributed by atoms with Gasteiger partial charge in [-0.05, 0) is 24.3 Å². The minimum absolute atomic E-state index is 0.00334. The Morgan fingerprint density at radius 2 is 2.20 bits per heavy atom. The number of hydrogen-bond acceptors (Lipinski definition) is 4. The molecule has 6 nitrogen and oxygen atoms in total. The Hall–Kier alpha value is -2.11. The van der Waals surface area contributed by atoms with E-state index in [2.05, 4.69) is 13.8 Å².